The maximum Gasteiger partial charge on any atom is 0.416 e. The van der Waals surface area contributed by atoms with Gasteiger partial charge in [0.15, 0.2) is 0 Å². The normalized spacial score (nSPS) is 23.3. The van der Waals surface area contributed by atoms with Gasteiger partial charge in [-0.15, -0.1) is 0 Å². The number of halogens is 4. The Labute approximate surface area is 121 Å². The van der Waals surface area contributed by atoms with Crippen LogP contribution in [-0.2, 0) is 10.9 Å². The molecule has 1 aromatic carbocycles. The molecule has 1 aliphatic rings. The Morgan fingerprint density at radius 2 is 2.05 bits per heavy atom. The third-order valence-electron chi connectivity index (χ3n) is 3.68. The van der Waals surface area contributed by atoms with Crippen LogP contribution in [0.15, 0.2) is 18.2 Å². The molecule has 1 heterocycles. The van der Waals surface area contributed by atoms with Gasteiger partial charge in [0, 0.05) is 19.1 Å². The second kappa shape index (κ2) is 6.75. The van der Waals surface area contributed by atoms with Crippen molar-refractivity contribution in [3.8, 4) is 0 Å². The molecule has 1 fully saturated rings. The number of benzene rings is 1. The van der Waals surface area contributed by atoms with E-state index in [9.17, 15) is 17.6 Å². The standard InChI is InChI=1S/C15H19F4NO/c1-2-20-9-10-4-3-5-21-14(10)11-6-12(15(17,18)19)8-13(16)7-11/h6-8,10,14,20H,2-5,9H2,1H3. The molecule has 0 amide bonds. The van der Waals surface area contributed by atoms with E-state index in [4.69, 9.17) is 4.74 Å². The van der Waals surface area contributed by atoms with Crippen LogP contribution < -0.4 is 5.32 Å². The second-order valence-corrected chi connectivity index (χ2v) is 5.27. The van der Waals surface area contributed by atoms with Crippen LogP contribution in [0.2, 0.25) is 0 Å². The molecule has 1 aliphatic heterocycles. The van der Waals surface area contributed by atoms with Crippen molar-refractivity contribution in [3.63, 3.8) is 0 Å². The fourth-order valence-corrected chi connectivity index (χ4v) is 2.69. The average Bonchev–Trinajstić information content (AvgIpc) is 2.44. The Morgan fingerprint density at radius 3 is 2.71 bits per heavy atom. The van der Waals surface area contributed by atoms with E-state index in [0.29, 0.717) is 19.2 Å². The van der Waals surface area contributed by atoms with Gasteiger partial charge >= 0.3 is 6.18 Å². The average molecular weight is 305 g/mol. The molecular weight excluding hydrogens is 286 g/mol. The maximum absolute atomic E-state index is 13.5. The topological polar surface area (TPSA) is 21.3 Å². The van der Waals surface area contributed by atoms with Gasteiger partial charge in [-0.2, -0.15) is 13.2 Å². The van der Waals surface area contributed by atoms with Gasteiger partial charge in [0.1, 0.15) is 5.82 Å². The van der Waals surface area contributed by atoms with Gasteiger partial charge in [-0.1, -0.05) is 6.92 Å². The van der Waals surface area contributed by atoms with Crippen molar-refractivity contribution < 1.29 is 22.3 Å². The third-order valence-corrected chi connectivity index (χ3v) is 3.68. The molecule has 0 aromatic heterocycles. The molecule has 6 heteroatoms. The largest absolute Gasteiger partial charge is 0.416 e. The Morgan fingerprint density at radius 1 is 1.29 bits per heavy atom. The summed E-state index contributed by atoms with van der Waals surface area (Å²) in [7, 11) is 0. The summed E-state index contributed by atoms with van der Waals surface area (Å²) in [4.78, 5) is 0. The molecule has 0 spiro atoms. The SMILES string of the molecule is CCNCC1CCCOC1c1cc(F)cc(C(F)(F)F)c1. The second-order valence-electron chi connectivity index (χ2n) is 5.27. The minimum absolute atomic E-state index is 0.0570. The van der Waals surface area contributed by atoms with Gasteiger partial charge in [-0.05, 0) is 43.1 Å². The summed E-state index contributed by atoms with van der Waals surface area (Å²) >= 11 is 0. The third kappa shape index (κ3) is 4.17. The fourth-order valence-electron chi connectivity index (χ4n) is 2.69. The van der Waals surface area contributed by atoms with Crippen LogP contribution in [0.5, 0.6) is 0 Å². The monoisotopic (exact) mass is 305 g/mol. The van der Waals surface area contributed by atoms with Crippen LogP contribution in [0.1, 0.15) is 37.0 Å². The zero-order valence-electron chi connectivity index (χ0n) is 11.8. The summed E-state index contributed by atoms with van der Waals surface area (Å²) < 4.78 is 57.5. The highest BCUT2D eigenvalue weighted by atomic mass is 19.4. The molecule has 1 aromatic rings. The van der Waals surface area contributed by atoms with Gasteiger partial charge in [0.2, 0.25) is 0 Å². The summed E-state index contributed by atoms with van der Waals surface area (Å²) in [5.41, 5.74) is -0.696. The predicted octanol–water partition coefficient (Wildman–Crippen LogP) is 3.92. The Hall–Kier alpha value is -1.14. The lowest BCUT2D eigenvalue weighted by molar-refractivity contribution is -0.138. The lowest BCUT2D eigenvalue weighted by atomic mass is 9.88. The summed E-state index contributed by atoms with van der Waals surface area (Å²) in [6.45, 7) is 3.88. The van der Waals surface area contributed by atoms with Crippen LogP contribution >= 0.6 is 0 Å². The van der Waals surface area contributed by atoms with Crippen LogP contribution in [0.3, 0.4) is 0 Å². The minimum Gasteiger partial charge on any atom is -0.373 e. The highest BCUT2D eigenvalue weighted by Crippen LogP contribution is 2.37. The van der Waals surface area contributed by atoms with Gasteiger partial charge in [0.05, 0.1) is 11.7 Å². The molecule has 0 saturated carbocycles. The maximum atomic E-state index is 13.5. The van der Waals surface area contributed by atoms with Crippen LogP contribution in [-0.4, -0.2) is 19.7 Å². The van der Waals surface area contributed by atoms with E-state index in [1.54, 1.807) is 0 Å². The number of hydrogen-bond donors (Lipinski definition) is 1. The Balaban J connectivity index is 2.27. The first-order valence-corrected chi connectivity index (χ1v) is 7.12. The molecule has 2 rings (SSSR count). The molecule has 1 saturated heterocycles. The van der Waals surface area contributed by atoms with Crippen molar-refractivity contribution in [1.82, 2.24) is 5.32 Å². The molecule has 0 bridgehead atoms. The van der Waals surface area contributed by atoms with E-state index in [2.05, 4.69) is 5.32 Å². The predicted molar refractivity (Wildman–Crippen MR) is 71.4 cm³/mol. The smallest absolute Gasteiger partial charge is 0.373 e. The van der Waals surface area contributed by atoms with Crippen LogP contribution in [0.25, 0.3) is 0 Å². The summed E-state index contributed by atoms with van der Waals surface area (Å²) in [6.07, 6.45) is -3.32. The van der Waals surface area contributed by atoms with E-state index >= 15 is 0 Å². The summed E-state index contributed by atoms with van der Waals surface area (Å²) in [5, 5.41) is 3.18. The first kappa shape index (κ1) is 16.2. The molecular formula is C15H19F4NO. The van der Waals surface area contributed by atoms with Gasteiger partial charge in [-0.3, -0.25) is 0 Å². The Kier molecular flexibility index (Phi) is 5.22. The minimum atomic E-state index is -4.55. The zero-order chi connectivity index (χ0) is 15.5. The molecule has 0 radical (unpaired) electrons. The van der Waals surface area contributed by atoms with E-state index in [-0.39, 0.29) is 11.5 Å². The molecule has 2 unspecified atom stereocenters. The van der Waals surface area contributed by atoms with Crippen LogP contribution in [0.4, 0.5) is 17.6 Å². The quantitative estimate of drug-likeness (QED) is 0.851. The van der Waals surface area contributed by atoms with Crippen molar-refractivity contribution >= 4 is 0 Å². The van der Waals surface area contributed by atoms with Gasteiger partial charge < -0.3 is 10.1 Å². The number of ether oxygens (including phenoxy) is 1. The van der Waals surface area contributed by atoms with Gasteiger partial charge in [-0.25, -0.2) is 4.39 Å². The molecule has 21 heavy (non-hydrogen) atoms. The van der Waals surface area contributed by atoms with Crippen molar-refractivity contribution in [2.75, 3.05) is 19.7 Å². The summed E-state index contributed by atoms with van der Waals surface area (Å²) in [5.74, 6) is -0.821. The zero-order valence-corrected chi connectivity index (χ0v) is 11.8. The van der Waals surface area contributed by atoms with E-state index in [1.807, 2.05) is 6.92 Å². The first-order valence-electron chi connectivity index (χ1n) is 7.12. The van der Waals surface area contributed by atoms with Gasteiger partial charge in [0.25, 0.3) is 0 Å². The van der Waals surface area contributed by atoms with Crippen molar-refractivity contribution in [2.24, 2.45) is 5.92 Å². The van der Waals surface area contributed by atoms with E-state index in [1.165, 1.54) is 0 Å². The highest BCUT2D eigenvalue weighted by molar-refractivity contribution is 5.29. The van der Waals surface area contributed by atoms with E-state index in [0.717, 1.165) is 31.5 Å². The molecule has 0 aliphatic carbocycles. The number of alkyl halides is 3. The molecule has 2 atom stereocenters. The van der Waals surface area contributed by atoms with Crippen molar-refractivity contribution in [3.05, 3.63) is 35.1 Å². The summed E-state index contributed by atoms with van der Waals surface area (Å²) in [6, 6.07) is 2.66. The highest BCUT2D eigenvalue weighted by Gasteiger charge is 2.34. The van der Waals surface area contributed by atoms with Crippen molar-refractivity contribution in [2.45, 2.75) is 32.0 Å². The number of nitrogens with one attached hydrogen (secondary N) is 1. The molecule has 1 N–H and O–H groups in total. The lowest BCUT2D eigenvalue weighted by Crippen LogP contribution is -2.32. The molecule has 118 valence electrons. The first-order chi connectivity index (χ1) is 9.91. The lowest BCUT2D eigenvalue weighted by Gasteiger charge is -2.32. The Bertz CT molecular complexity index is 475. The van der Waals surface area contributed by atoms with Crippen LogP contribution in [0, 0.1) is 11.7 Å². The van der Waals surface area contributed by atoms with Crippen molar-refractivity contribution in [1.29, 1.82) is 0 Å². The molecule has 2 nitrogen and oxygen atoms in total. The van der Waals surface area contributed by atoms with E-state index < -0.39 is 23.7 Å². The number of hydrogen-bond acceptors (Lipinski definition) is 2. The number of rotatable bonds is 4. The fraction of sp³-hybridized carbons (Fsp3) is 0.600.